The number of phenolic OH excluding ortho intramolecular Hbond substituents is 1. The molecular weight excluding hydrogens is 202 g/mol. The fraction of sp³-hybridized carbons (Fsp3) is 0.300. The summed E-state index contributed by atoms with van der Waals surface area (Å²) in [5, 5.41) is 12.0. The molecule has 76 valence electrons. The van der Waals surface area contributed by atoms with Crippen LogP contribution in [0.2, 0.25) is 0 Å². The number of halogens is 1. The SMILES string of the molecule is Cc1c(O)cccc1C(=O)NCCCl. The maximum absolute atomic E-state index is 11.5. The van der Waals surface area contributed by atoms with Crippen LogP contribution >= 0.6 is 11.6 Å². The molecule has 0 radical (unpaired) electrons. The van der Waals surface area contributed by atoms with E-state index in [1.54, 1.807) is 25.1 Å². The molecule has 3 nitrogen and oxygen atoms in total. The van der Waals surface area contributed by atoms with Gasteiger partial charge in [-0.1, -0.05) is 6.07 Å². The van der Waals surface area contributed by atoms with Gasteiger partial charge in [-0.15, -0.1) is 11.6 Å². The van der Waals surface area contributed by atoms with Crippen molar-refractivity contribution in [3.63, 3.8) is 0 Å². The average molecular weight is 214 g/mol. The molecule has 1 amide bonds. The number of alkyl halides is 1. The fourth-order valence-electron chi connectivity index (χ4n) is 1.13. The molecular formula is C10H12ClNO2. The molecule has 0 heterocycles. The van der Waals surface area contributed by atoms with Crippen molar-refractivity contribution >= 4 is 17.5 Å². The predicted molar refractivity (Wildman–Crippen MR) is 55.9 cm³/mol. The molecule has 0 fully saturated rings. The van der Waals surface area contributed by atoms with Crippen LogP contribution in [0.15, 0.2) is 18.2 Å². The molecule has 0 spiro atoms. The van der Waals surface area contributed by atoms with E-state index in [-0.39, 0.29) is 11.7 Å². The number of nitrogens with one attached hydrogen (secondary N) is 1. The molecule has 0 aliphatic carbocycles. The maximum Gasteiger partial charge on any atom is 0.251 e. The Balaban J connectivity index is 2.84. The lowest BCUT2D eigenvalue weighted by atomic mass is 10.1. The highest BCUT2D eigenvalue weighted by Gasteiger charge is 2.09. The molecule has 0 saturated heterocycles. The highest BCUT2D eigenvalue weighted by molar-refractivity contribution is 6.18. The van der Waals surface area contributed by atoms with Crippen molar-refractivity contribution in [1.82, 2.24) is 5.32 Å². The van der Waals surface area contributed by atoms with Crippen molar-refractivity contribution in [3.8, 4) is 5.75 Å². The minimum Gasteiger partial charge on any atom is -0.508 e. The Morgan fingerprint density at radius 2 is 2.29 bits per heavy atom. The van der Waals surface area contributed by atoms with Crippen molar-refractivity contribution in [1.29, 1.82) is 0 Å². The Bertz CT molecular complexity index is 339. The molecule has 4 heteroatoms. The second kappa shape index (κ2) is 4.86. The van der Waals surface area contributed by atoms with Crippen molar-refractivity contribution in [3.05, 3.63) is 29.3 Å². The van der Waals surface area contributed by atoms with Gasteiger partial charge >= 0.3 is 0 Å². The molecule has 0 bridgehead atoms. The standard InChI is InChI=1S/C10H12ClNO2/c1-7-8(3-2-4-9(7)13)10(14)12-6-5-11/h2-4,13H,5-6H2,1H3,(H,12,14). The van der Waals surface area contributed by atoms with E-state index in [1.165, 1.54) is 0 Å². The smallest absolute Gasteiger partial charge is 0.251 e. The van der Waals surface area contributed by atoms with Gasteiger partial charge in [-0.2, -0.15) is 0 Å². The predicted octanol–water partition coefficient (Wildman–Crippen LogP) is 1.67. The number of carbonyl (C=O) groups excluding carboxylic acids is 1. The van der Waals surface area contributed by atoms with Gasteiger partial charge in [0.05, 0.1) is 0 Å². The molecule has 1 aromatic carbocycles. The van der Waals surface area contributed by atoms with Crippen molar-refractivity contribution in [2.75, 3.05) is 12.4 Å². The van der Waals surface area contributed by atoms with Gasteiger partial charge in [-0.25, -0.2) is 0 Å². The van der Waals surface area contributed by atoms with Crippen LogP contribution in [-0.2, 0) is 0 Å². The number of aromatic hydroxyl groups is 1. The van der Waals surface area contributed by atoms with Gasteiger partial charge in [-0.05, 0) is 19.1 Å². The quantitative estimate of drug-likeness (QED) is 0.751. The molecule has 1 aromatic rings. The highest BCUT2D eigenvalue weighted by atomic mass is 35.5. The summed E-state index contributed by atoms with van der Waals surface area (Å²) >= 11 is 5.44. The number of amides is 1. The molecule has 0 aliphatic rings. The summed E-state index contributed by atoms with van der Waals surface area (Å²) in [5.74, 6) is 0.298. The van der Waals surface area contributed by atoms with E-state index in [0.717, 1.165) is 0 Å². The van der Waals surface area contributed by atoms with Gasteiger partial charge in [-0.3, -0.25) is 4.79 Å². The molecule has 0 aromatic heterocycles. The number of rotatable bonds is 3. The molecule has 14 heavy (non-hydrogen) atoms. The first-order valence-electron chi connectivity index (χ1n) is 4.29. The van der Waals surface area contributed by atoms with Gasteiger partial charge in [0.15, 0.2) is 0 Å². The second-order valence-corrected chi connectivity index (χ2v) is 3.27. The van der Waals surface area contributed by atoms with E-state index in [2.05, 4.69) is 5.32 Å². The van der Waals surface area contributed by atoms with Crippen molar-refractivity contribution in [2.45, 2.75) is 6.92 Å². The van der Waals surface area contributed by atoms with Crippen LogP contribution in [0.4, 0.5) is 0 Å². The van der Waals surface area contributed by atoms with Crippen LogP contribution in [0.3, 0.4) is 0 Å². The zero-order chi connectivity index (χ0) is 10.6. The topological polar surface area (TPSA) is 49.3 Å². The Labute approximate surface area is 87.7 Å². The summed E-state index contributed by atoms with van der Waals surface area (Å²) in [6, 6.07) is 4.85. The largest absolute Gasteiger partial charge is 0.508 e. The maximum atomic E-state index is 11.5. The first-order valence-corrected chi connectivity index (χ1v) is 4.83. The van der Waals surface area contributed by atoms with Crippen LogP contribution in [0.1, 0.15) is 15.9 Å². The molecule has 0 atom stereocenters. The third kappa shape index (κ3) is 2.39. The Kier molecular flexibility index (Phi) is 3.77. The lowest BCUT2D eigenvalue weighted by Gasteiger charge is -2.07. The van der Waals surface area contributed by atoms with E-state index in [4.69, 9.17) is 11.6 Å². The monoisotopic (exact) mass is 213 g/mol. The van der Waals surface area contributed by atoms with Crippen LogP contribution in [0.25, 0.3) is 0 Å². The number of benzene rings is 1. The molecule has 2 N–H and O–H groups in total. The van der Waals surface area contributed by atoms with E-state index in [1.807, 2.05) is 0 Å². The minimum absolute atomic E-state index is 0.128. The lowest BCUT2D eigenvalue weighted by molar-refractivity contribution is 0.0955. The first kappa shape index (κ1) is 10.9. The number of hydrogen-bond acceptors (Lipinski definition) is 2. The third-order valence-corrected chi connectivity index (χ3v) is 2.12. The summed E-state index contributed by atoms with van der Waals surface area (Å²) in [7, 11) is 0. The summed E-state index contributed by atoms with van der Waals surface area (Å²) in [6.07, 6.45) is 0. The van der Waals surface area contributed by atoms with Crippen molar-refractivity contribution < 1.29 is 9.90 Å². The van der Waals surface area contributed by atoms with Crippen molar-refractivity contribution in [2.24, 2.45) is 0 Å². The summed E-state index contributed by atoms with van der Waals surface area (Å²) < 4.78 is 0. The minimum atomic E-state index is -0.209. The summed E-state index contributed by atoms with van der Waals surface area (Å²) in [6.45, 7) is 2.13. The third-order valence-electron chi connectivity index (χ3n) is 1.93. The summed E-state index contributed by atoms with van der Waals surface area (Å²) in [5.41, 5.74) is 1.06. The van der Waals surface area contributed by atoms with Crippen LogP contribution in [0, 0.1) is 6.92 Å². The van der Waals surface area contributed by atoms with Gasteiger partial charge < -0.3 is 10.4 Å². The average Bonchev–Trinajstić information content (AvgIpc) is 2.18. The van der Waals surface area contributed by atoms with Gasteiger partial charge in [0.25, 0.3) is 5.91 Å². The van der Waals surface area contributed by atoms with E-state index in [9.17, 15) is 9.90 Å². The van der Waals surface area contributed by atoms with Gasteiger partial charge in [0.1, 0.15) is 5.75 Å². The molecule has 0 unspecified atom stereocenters. The van der Waals surface area contributed by atoms with Crippen LogP contribution in [-0.4, -0.2) is 23.4 Å². The Morgan fingerprint density at radius 3 is 2.93 bits per heavy atom. The van der Waals surface area contributed by atoms with E-state index < -0.39 is 0 Å². The highest BCUT2D eigenvalue weighted by Crippen LogP contribution is 2.19. The lowest BCUT2D eigenvalue weighted by Crippen LogP contribution is -2.25. The zero-order valence-corrected chi connectivity index (χ0v) is 8.64. The molecule has 0 saturated carbocycles. The number of phenols is 1. The van der Waals surface area contributed by atoms with Gasteiger partial charge in [0, 0.05) is 23.6 Å². The Hall–Kier alpha value is -1.22. The van der Waals surface area contributed by atoms with Gasteiger partial charge in [0.2, 0.25) is 0 Å². The second-order valence-electron chi connectivity index (χ2n) is 2.89. The number of carbonyl (C=O) groups is 1. The molecule has 0 aliphatic heterocycles. The first-order chi connectivity index (χ1) is 6.66. The van der Waals surface area contributed by atoms with E-state index in [0.29, 0.717) is 23.6 Å². The molecule has 1 rings (SSSR count). The van der Waals surface area contributed by atoms with E-state index >= 15 is 0 Å². The van der Waals surface area contributed by atoms with Crippen LogP contribution in [0.5, 0.6) is 5.75 Å². The Morgan fingerprint density at radius 1 is 1.57 bits per heavy atom. The normalized spacial score (nSPS) is 9.86. The number of hydrogen-bond donors (Lipinski definition) is 2. The van der Waals surface area contributed by atoms with Crippen LogP contribution < -0.4 is 5.32 Å². The summed E-state index contributed by atoms with van der Waals surface area (Å²) in [4.78, 5) is 11.5. The fourth-order valence-corrected chi connectivity index (χ4v) is 1.22. The zero-order valence-electron chi connectivity index (χ0n) is 7.88.